The van der Waals surface area contributed by atoms with E-state index in [-0.39, 0.29) is 12.5 Å². The highest BCUT2D eigenvalue weighted by Gasteiger charge is 2.15. The summed E-state index contributed by atoms with van der Waals surface area (Å²) in [5.74, 6) is 0.719. The van der Waals surface area contributed by atoms with Crippen LogP contribution in [0, 0.1) is 0 Å². The van der Waals surface area contributed by atoms with Crippen LogP contribution in [0.15, 0.2) is 54.6 Å². The highest BCUT2D eigenvalue weighted by Crippen LogP contribution is 2.25. The number of carboxylic acid groups (broad SMARTS) is 1. The van der Waals surface area contributed by atoms with Gasteiger partial charge in [-0.25, -0.2) is 0 Å². The Hall–Kier alpha value is -2.53. The third kappa shape index (κ3) is 7.31. The minimum Gasteiger partial charge on any atom is -0.493 e. The van der Waals surface area contributed by atoms with Crippen LogP contribution in [0.1, 0.15) is 31.7 Å². The SMILES string of the molecule is COc1ccccc1OCCN(Cc1ccccc1)C(C)CCCC(=O)O. The molecule has 0 bridgehead atoms. The van der Waals surface area contributed by atoms with Crippen molar-refractivity contribution in [3.8, 4) is 11.5 Å². The highest BCUT2D eigenvalue weighted by molar-refractivity contribution is 5.66. The molecule has 0 amide bonds. The topological polar surface area (TPSA) is 59.0 Å². The first-order chi connectivity index (χ1) is 13.1. The normalized spacial score (nSPS) is 12.0. The third-order valence-corrected chi connectivity index (χ3v) is 4.57. The summed E-state index contributed by atoms with van der Waals surface area (Å²) in [5, 5.41) is 8.87. The van der Waals surface area contributed by atoms with Crippen molar-refractivity contribution < 1.29 is 19.4 Å². The number of carboxylic acids is 1. The van der Waals surface area contributed by atoms with Crippen molar-refractivity contribution in [2.45, 2.75) is 38.8 Å². The molecular formula is C22H29NO4. The molecule has 0 aliphatic rings. The molecule has 0 heterocycles. The third-order valence-electron chi connectivity index (χ3n) is 4.57. The Morgan fingerprint density at radius 1 is 1.07 bits per heavy atom. The summed E-state index contributed by atoms with van der Waals surface area (Å²) in [6, 6.07) is 18.2. The zero-order valence-electron chi connectivity index (χ0n) is 16.1. The largest absolute Gasteiger partial charge is 0.493 e. The van der Waals surface area contributed by atoms with Crippen molar-refractivity contribution in [1.82, 2.24) is 4.90 Å². The van der Waals surface area contributed by atoms with Gasteiger partial charge in [-0.3, -0.25) is 9.69 Å². The van der Waals surface area contributed by atoms with Crippen LogP contribution in [0.4, 0.5) is 0 Å². The zero-order valence-corrected chi connectivity index (χ0v) is 16.1. The van der Waals surface area contributed by atoms with E-state index >= 15 is 0 Å². The Kier molecular flexibility index (Phi) is 8.65. The molecule has 27 heavy (non-hydrogen) atoms. The summed E-state index contributed by atoms with van der Waals surface area (Å²) in [7, 11) is 1.63. The number of hydrogen-bond donors (Lipinski definition) is 1. The fourth-order valence-electron chi connectivity index (χ4n) is 3.02. The van der Waals surface area contributed by atoms with Gasteiger partial charge in [0.25, 0.3) is 0 Å². The Balaban J connectivity index is 1.95. The van der Waals surface area contributed by atoms with E-state index in [1.165, 1.54) is 5.56 Å². The smallest absolute Gasteiger partial charge is 0.303 e. The maximum atomic E-state index is 10.8. The molecular weight excluding hydrogens is 342 g/mol. The zero-order chi connectivity index (χ0) is 19.5. The van der Waals surface area contributed by atoms with Crippen molar-refractivity contribution in [1.29, 1.82) is 0 Å². The predicted molar refractivity (Wildman–Crippen MR) is 106 cm³/mol. The van der Waals surface area contributed by atoms with Crippen LogP contribution < -0.4 is 9.47 Å². The molecule has 0 spiro atoms. The Labute approximate surface area is 161 Å². The number of para-hydroxylation sites is 2. The number of carbonyl (C=O) groups is 1. The number of ether oxygens (including phenoxy) is 2. The van der Waals surface area contributed by atoms with Crippen LogP contribution in [0.25, 0.3) is 0 Å². The van der Waals surface area contributed by atoms with Crippen molar-refractivity contribution in [2.24, 2.45) is 0 Å². The fraction of sp³-hybridized carbons (Fsp3) is 0.409. The lowest BCUT2D eigenvalue weighted by Crippen LogP contribution is -2.36. The van der Waals surface area contributed by atoms with Gasteiger partial charge in [0.2, 0.25) is 0 Å². The summed E-state index contributed by atoms with van der Waals surface area (Å²) in [4.78, 5) is 13.1. The van der Waals surface area contributed by atoms with Crippen molar-refractivity contribution >= 4 is 5.97 Å². The Morgan fingerprint density at radius 3 is 2.41 bits per heavy atom. The molecule has 5 heteroatoms. The van der Waals surface area contributed by atoms with Crippen LogP contribution >= 0.6 is 0 Å². The van der Waals surface area contributed by atoms with E-state index < -0.39 is 5.97 Å². The lowest BCUT2D eigenvalue weighted by atomic mass is 10.1. The maximum absolute atomic E-state index is 10.8. The molecule has 1 unspecified atom stereocenters. The molecule has 0 fully saturated rings. The average molecular weight is 371 g/mol. The highest BCUT2D eigenvalue weighted by atomic mass is 16.5. The molecule has 0 saturated carbocycles. The Morgan fingerprint density at radius 2 is 1.74 bits per heavy atom. The maximum Gasteiger partial charge on any atom is 0.303 e. The lowest BCUT2D eigenvalue weighted by Gasteiger charge is -2.29. The molecule has 1 N–H and O–H groups in total. The summed E-state index contributed by atoms with van der Waals surface area (Å²) in [6.45, 7) is 4.25. The Bertz CT molecular complexity index is 690. The summed E-state index contributed by atoms with van der Waals surface area (Å²) in [5.41, 5.74) is 1.24. The average Bonchev–Trinajstić information content (AvgIpc) is 2.68. The minimum absolute atomic E-state index is 0.210. The number of nitrogens with zero attached hydrogens (tertiary/aromatic N) is 1. The fourth-order valence-corrected chi connectivity index (χ4v) is 3.02. The van der Waals surface area contributed by atoms with Gasteiger partial charge in [0.15, 0.2) is 11.5 Å². The van der Waals surface area contributed by atoms with Crippen LogP contribution in [0.3, 0.4) is 0 Å². The first-order valence-corrected chi connectivity index (χ1v) is 9.35. The summed E-state index contributed by atoms with van der Waals surface area (Å²) < 4.78 is 11.3. The number of methoxy groups -OCH3 is 1. The summed E-state index contributed by atoms with van der Waals surface area (Å²) >= 11 is 0. The first kappa shape index (κ1) is 20.8. The van der Waals surface area contributed by atoms with Crippen molar-refractivity contribution in [2.75, 3.05) is 20.3 Å². The van der Waals surface area contributed by atoms with Gasteiger partial charge in [0.05, 0.1) is 7.11 Å². The molecule has 2 rings (SSSR count). The van der Waals surface area contributed by atoms with Crippen molar-refractivity contribution in [3.05, 3.63) is 60.2 Å². The second-order valence-corrected chi connectivity index (χ2v) is 6.59. The van der Waals surface area contributed by atoms with Gasteiger partial charge in [-0.05, 0) is 37.5 Å². The molecule has 0 aromatic heterocycles. The van der Waals surface area contributed by atoms with Crippen molar-refractivity contribution in [3.63, 3.8) is 0 Å². The van der Waals surface area contributed by atoms with Gasteiger partial charge in [-0.1, -0.05) is 42.5 Å². The van der Waals surface area contributed by atoms with E-state index in [2.05, 4.69) is 24.0 Å². The molecule has 0 saturated heterocycles. The van der Waals surface area contributed by atoms with E-state index in [1.54, 1.807) is 7.11 Å². The van der Waals surface area contributed by atoms with E-state index in [0.29, 0.717) is 13.0 Å². The second-order valence-electron chi connectivity index (χ2n) is 6.59. The molecule has 5 nitrogen and oxygen atoms in total. The van der Waals surface area contributed by atoms with E-state index in [9.17, 15) is 4.79 Å². The minimum atomic E-state index is -0.740. The van der Waals surface area contributed by atoms with E-state index in [4.69, 9.17) is 14.6 Å². The standard InChI is InChI=1S/C22H29NO4/c1-18(9-8-14-22(24)25)23(17-19-10-4-3-5-11-19)15-16-27-21-13-7-6-12-20(21)26-2/h3-7,10-13,18H,8-9,14-17H2,1-2H3,(H,24,25). The monoisotopic (exact) mass is 371 g/mol. The molecule has 146 valence electrons. The van der Waals surface area contributed by atoms with Crippen LogP contribution in [0.2, 0.25) is 0 Å². The van der Waals surface area contributed by atoms with Crippen LogP contribution in [-0.2, 0) is 11.3 Å². The van der Waals surface area contributed by atoms with E-state index in [0.717, 1.165) is 31.0 Å². The molecule has 0 aliphatic carbocycles. The van der Waals surface area contributed by atoms with Gasteiger partial charge in [0, 0.05) is 25.6 Å². The van der Waals surface area contributed by atoms with Gasteiger partial charge in [0.1, 0.15) is 6.61 Å². The van der Waals surface area contributed by atoms with E-state index in [1.807, 2.05) is 42.5 Å². The number of hydrogen-bond acceptors (Lipinski definition) is 4. The number of rotatable bonds is 12. The van der Waals surface area contributed by atoms with Gasteiger partial charge < -0.3 is 14.6 Å². The predicted octanol–water partition coefficient (Wildman–Crippen LogP) is 4.22. The first-order valence-electron chi connectivity index (χ1n) is 9.35. The molecule has 2 aromatic rings. The molecule has 2 aromatic carbocycles. The van der Waals surface area contributed by atoms with Crippen LogP contribution in [0.5, 0.6) is 11.5 Å². The quantitative estimate of drug-likeness (QED) is 0.605. The summed E-state index contributed by atoms with van der Waals surface area (Å²) in [6.07, 6.45) is 1.73. The van der Waals surface area contributed by atoms with Crippen LogP contribution in [-0.4, -0.2) is 42.3 Å². The number of benzene rings is 2. The second kappa shape index (κ2) is 11.2. The molecule has 0 radical (unpaired) electrons. The van der Waals surface area contributed by atoms with Gasteiger partial charge >= 0.3 is 5.97 Å². The molecule has 1 atom stereocenters. The molecule has 0 aliphatic heterocycles. The lowest BCUT2D eigenvalue weighted by molar-refractivity contribution is -0.137. The van der Waals surface area contributed by atoms with Gasteiger partial charge in [-0.15, -0.1) is 0 Å². The number of aliphatic carboxylic acids is 1. The van der Waals surface area contributed by atoms with Gasteiger partial charge in [-0.2, -0.15) is 0 Å².